The molecule has 15 heavy (non-hydrogen) atoms. The molecule has 0 bridgehead atoms. The lowest BCUT2D eigenvalue weighted by Gasteiger charge is -2.14. The molecule has 1 atom stereocenters. The second-order valence-electron chi connectivity index (χ2n) is 3.45. The van der Waals surface area contributed by atoms with Crippen molar-refractivity contribution in [2.75, 3.05) is 13.2 Å². The maximum atomic E-state index is 11.3. The molecule has 4 N–H and O–H groups in total. The average molecular weight is 217 g/mol. The van der Waals surface area contributed by atoms with Gasteiger partial charge in [-0.25, -0.2) is 5.48 Å². The van der Waals surface area contributed by atoms with Gasteiger partial charge in [0.05, 0.1) is 19.2 Å². The maximum Gasteiger partial charge on any atom is 0.262 e. The Balaban J connectivity index is 3.75. The number of hydrogen-bond acceptors (Lipinski definition) is 4. The van der Waals surface area contributed by atoms with E-state index < -0.39 is 11.9 Å². The van der Waals surface area contributed by atoms with E-state index in [2.05, 4.69) is 15.6 Å². The maximum absolute atomic E-state index is 11.3. The second-order valence-corrected chi connectivity index (χ2v) is 3.45. The van der Waals surface area contributed by atoms with E-state index >= 15 is 0 Å². The van der Waals surface area contributed by atoms with Crippen LogP contribution in [0.15, 0.2) is 0 Å². The number of carbonyl (C=O) groups excluding carboxylic acids is 2. The van der Waals surface area contributed by atoms with E-state index in [0.717, 1.165) is 0 Å². The first-order chi connectivity index (χ1) is 6.99. The normalized spacial score (nSPS) is 12.3. The predicted octanol–water partition coefficient (Wildman–Crippen LogP) is -0.846. The van der Waals surface area contributed by atoms with E-state index in [1.165, 1.54) is 0 Å². The van der Waals surface area contributed by atoms with Crippen LogP contribution in [0.5, 0.6) is 0 Å². The van der Waals surface area contributed by atoms with E-state index in [1.807, 2.05) is 13.8 Å². The topological polar surface area (TPSA) is 93.5 Å². The van der Waals surface area contributed by atoms with Crippen LogP contribution in [0, 0.1) is 5.92 Å². The van der Waals surface area contributed by atoms with E-state index in [4.69, 9.17) is 5.73 Å². The number of hydrogen-bond donors (Lipinski definition) is 3. The summed E-state index contributed by atoms with van der Waals surface area (Å²) in [6, 6.07) is -0.593. The molecule has 0 heterocycles. The van der Waals surface area contributed by atoms with Crippen LogP contribution in [-0.2, 0) is 14.4 Å². The highest BCUT2D eigenvalue weighted by Crippen LogP contribution is 1.97. The minimum Gasteiger partial charge on any atom is -0.346 e. The van der Waals surface area contributed by atoms with Crippen molar-refractivity contribution in [3.63, 3.8) is 0 Å². The van der Waals surface area contributed by atoms with Gasteiger partial charge in [-0.1, -0.05) is 13.8 Å². The van der Waals surface area contributed by atoms with Crippen LogP contribution in [0.25, 0.3) is 0 Å². The van der Waals surface area contributed by atoms with Crippen LogP contribution >= 0.6 is 0 Å². The molecule has 0 aromatic carbocycles. The first kappa shape index (κ1) is 13.9. The third kappa shape index (κ3) is 6.03. The van der Waals surface area contributed by atoms with Crippen LogP contribution < -0.4 is 16.5 Å². The van der Waals surface area contributed by atoms with E-state index in [1.54, 1.807) is 6.92 Å². The predicted molar refractivity (Wildman–Crippen MR) is 55.6 cm³/mol. The molecule has 0 unspecified atom stereocenters. The quantitative estimate of drug-likeness (QED) is 0.505. The Kier molecular flexibility index (Phi) is 6.64. The minimum atomic E-state index is -0.593. The Morgan fingerprint density at radius 3 is 2.47 bits per heavy atom. The molecule has 0 aromatic heterocycles. The van der Waals surface area contributed by atoms with Crippen molar-refractivity contribution in [2.45, 2.75) is 26.8 Å². The molecule has 0 saturated carbocycles. The third-order valence-electron chi connectivity index (χ3n) is 1.77. The number of nitrogens with two attached hydrogens (primary N) is 1. The smallest absolute Gasteiger partial charge is 0.262 e. The van der Waals surface area contributed by atoms with Crippen LogP contribution in [0.2, 0.25) is 0 Å². The van der Waals surface area contributed by atoms with E-state index in [-0.39, 0.29) is 18.4 Å². The van der Waals surface area contributed by atoms with Crippen molar-refractivity contribution in [1.82, 2.24) is 10.8 Å². The van der Waals surface area contributed by atoms with Crippen molar-refractivity contribution in [3.8, 4) is 0 Å². The molecule has 0 aliphatic carbocycles. The van der Waals surface area contributed by atoms with Gasteiger partial charge >= 0.3 is 0 Å². The van der Waals surface area contributed by atoms with Crippen LogP contribution in [0.4, 0.5) is 0 Å². The van der Waals surface area contributed by atoms with Crippen LogP contribution in [0.1, 0.15) is 20.8 Å². The monoisotopic (exact) mass is 217 g/mol. The summed E-state index contributed by atoms with van der Waals surface area (Å²) in [6.45, 7) is 5.67. The Hall–Kier alpha value is -1.14. The Morgan fingerprint density at radius 2 is 2.00 bits per heavy atom. The summed E-state index contributed by atoms with van der Waals surface area (Å²) in [5.74, 6) is -0.697. The number of nitrogens with one attached hydrogen (secondary N) is 2. The number of hydroxylamine groups is 1. The van der Waals surface area contributed by atoms with Gasteiger partial charge in [0.15, 0.2) is 0 Å². The van der Waals surface area contributed by atoms with Gasteiger partial charge in [0.2, 0.25) is 5.91 Å². The fourth-order valence-electron chi connectivity index (χ4n) is 0.777. The number of amides is 2. The Bertz CT molecular complexity index is 219. The zero-order chi connectivity index (χ0) is 11.8. The van der Waals surface area contributed by atoms with Crippen molar-refractivity contribution in [1.29, 1.82) is 0 Å². The highest BCUT2D eigenvalue weighted by molar-refractivity contribution is 5.87. The van der Waals surface area contributed by atoms with Gasteiger partial charge in [-0.3, -0.25) is 14.4 Å². The molecule has 0 aliphatic rings. The molecule has 6 nitrogen and oxygen atoms in total. The van der Waals surface area contributed by atoms with E-state index in [9.17, 15) is 9.59 Å². The first-order valence-electron chi connectivity index (χ1n) is 4.93. The largest absolute Gasteiger partial charge is 0.346 e. The summed E-state index contributed by atoms with van der Waals surface area (Å²) in [6.07, 6.45) is 0. The molecule has 0 rings (SSSR count). The Morgan fingerprint density at radius 1 is 1.40 bits per heavy atom. The molecule has 0 aromatic rings. The van der Waals surface area contributed by atoms with Gasteiger partial charge in [-0.15, -0.1) is 0 Å². The molecule has 6 heteroatoms. The molecule has 0 fully saturated rings. The highest BCUT2D eigenvalue weighted by Gasteiger charge is 2.17. The van der Waals surface area contributed by atoms with Crippen LogP contribution in [0.3, 0.4) is 0 Å². The fourth-order valence-corrected chi connectivity index (χ4v) is 0.777. The second kappa shape index (κ2) is 7.19. The van der Waals surface area contributed by atoms with Gasteiger partial charge in [0, 0.05) is 0 Å². The zero-order valence-corrected chi connectivity index (χ0v) is 9.37. The lowest BCUT2D eigenvalue weighted by atomic mass is 10.1. The fraction of sp³-hybridized carbons (Fsp3) is 0.778. The van der Waals surface area contributed by atoms with E-state index in [0.29, 0.717) is 6.61 Å². The number of rotatable bonds is 6. The molecule has 0 saturated heterocycles. The third-order valence-corrected chi connectivity index (χ3v) is 1.77. The molecular formula is C9H19N3O3. The zero-order valence-electron chi connectivity index (χ0n) is 9.37. The highest BCUT2D eigenvalue weighted by atomic mass is 16.6. The molecule has 0 spiro atoms. The van der Waals surface area contributed by atoms with Gasteiger partial charge in [-0.05, 0) is 12.8 Å². The summed E-state index contributed by atoms with van der Waals surface area (Å²) in [5, 5.41) is 2.42. The Labute approximate surface area is 89.5 Å². The molecule has 0 radical (unpaired) electrons. The summed E-state index contributed by atoms with van der Waals surface area (Å²) in [4.78, 5) is 27.0. The molecular weight excluding hydrogens is 198 g/mol. The SMILES string of the molecule is CCONC(=O)CNC(=O)[C@@H](N)C(C)C. The van der Waals surface area contributed by atoms with Gasteiger partial charge in [-0.2, -0.15) is 0 Å². The average Bonchev–Trinajstić information content (AvgIpc) is 2.21. The van der Waals surface area contributed by atoms with Crippen molar-refractivity contribution < 1.29 is 14.4 Å². The summed E-state index contributed by atoms with van der Waals surface area (Å²) in [7, 11) is 0. The minimum absolute atomic E-state index is 0.0416. The van der Waals surface area contributed by atoms with Gasteiger partial charge in [0.25, 0.3) is 5.91 Å². The molecule has 2 amide bonds. The standard InChI is InChI=1S/C9H19N3O3/c1-4-15-12-7(13)5-11-9(14)8(10)6(2)3/h6,8H,4-5,10H2,1-3H3,(H,11,14)(H,12,13)/t8-/m0/s1. The lowest BCUT2D eigenvalue weighted by molar-refractivity contribution is -0.134. The summed E-state index contributed by atoms with van der Waals surface area (Å²) >= 11 is 0. The summed E-state index contributed by atoms with van der Waals surface area (Å²) < 4.78 is 0. The number of carbonyl (C=O) groups is 2. The van der Waals surface area contributed by atoms with Crippen molar-refractivity contribution >= 4 is 11.8 Å². The van der Waals surface area contributed by atoms with Crippen molar-refractivity contribution in [3.05, 3.63) is 0 Å². The first-order valence-corrected chi connectivity index (χ1v) is 4.93. The molecule has 88 valence electrons. The van der Waals surface area contributed by atoms with Gasteiger partial charge < -0.3 is 11.1 Å². The summed E-state index contributed by atoms with van der Waals surface area (Å²) in [5.41, 5.74) is 7.73. The lowest BCUT2D eigenvalue weighted by Crippen LogP contribution is -2.47. The molecule has 0 aliphatic heterocycles. The van der Waals surface area contributed by atoms with Crippen LogP contribution in [-0.4, -0.2) is 31.0 Å². The van der Waals surface area contributed by atoms with Crippen molar-refractivity contribution in [2.24, 2.45) is 11.7 Å². The van der Waals surface area contributed by atoms with Gasteiger partial charge in [0.1, 0.15) is 0 Å².